The van der Waals surface area contributed by atoms with E-state index in [-0.39, 0.29) is 29.2 Å². The zero-order chi connectivity index (χ0) is 81.2. The monoisotopic (exact) mass is 1550 g/mol. The lowest BCUT2D eigenvalue weighted by Gasteiger charge is -2.27. The topological polar surface area (TPSA) is 722 Å². The zero-order valence-electron chi connectivity index (χ0n) is 58.3. The first kappa shape index (κ1) is 90.8. The number of aliphatic hydroxyl groups is 5. The third kappa shape index (κ3) is 32.1. The number of carbonyl (C=O) groups excluding carboxylic acids is 12. The van der Waals surface area contributed by atoms with Gasteiger partial charge in [-0.25, -0.2) is 19.6 Å². The predicted octanol–water partition coefficient (Wildman–Crippen LogP) is -7.69. The van der Waals surface area contributed by atoms with Crippen molar-refractivity contribution >= 4 is 136 Å². The second kappa shape index (κ2) is 45.2. The maximum absolute atomic E-state index is 14.3. The fourth-order valence-corrected chi connectivity index (χ4v) is 9.83. The van der Waals surface area contributed by atoms with Crippen LogP contribution >= 0.6 is 12.6 Å². The fourth-order valence-electron chi connectivity index (χ4n) is 9.58. The molecule has 0 aliphatic rings. The number of amides is 10. The molecule has 10 amide bonds. The number of carbonyl (C=O) groups is 17. The summed E-state index contributed by atoms with van der Waals surface area (Å²) in [7, 11) is 0. The second-order valence-electron chi connectivity index (χ2n) is 24.6. The number of hydrogen-bond acceptors (Lipinski definition) is 29. The Kier molecular flexibility index (Phi) is 38.0. The van der Waals surface area contributed by atoms with E-state index in [1.807, 2.05) is 5.32 Å². The number of Topliss-reactive ketones (excluding diaryl/α,β-unsaturated/α-hetero) is 2. The Labute approximate surface area is 617 Å². The molecule has 0 aliphatic heterocycles. The van der Waals surface area contributed by atoms with Crippen molar-refractivity contribution in [2.45, 2.75) is 184 Å². The molecular formula is C63H88N16O28S. The van der Waals surface area contributed by atoms with Gasteiger partial charge in [-0.05, 0) is 76.6 Å². The van der Waals surface area contributed by atoms with E-state index in [4.69, 9.17) is 10.8 Å². The minimum Gasteiger partial charge on any atom is -0.481 e. The molecule has 0 aliphatic carbocycles. The van der Waals surface area contributed by atoms with Crippen LogP contribution in [-0.2, 0) is 83.3 Å². The van der Waals surface area contributed by atoms with Gasteiger partial charge in [0.15, 0.2) is 11.2 Å². The van der Waals surface area contributed by atoms with E-state index in [2.05, 4.69) is 85.7 Å². The molecule has 0 radical (unpaired) electrons. The summed E-state index contributed by atoms with van der Waals surface area (Å²) in [5, 5.41) is 123. The maximum atomic E-state index is 14.3. The number of aliphatic carboxylic acids is 5. The molecule has 0 fully saturated rings. The first-order valence-electron chi connectivity index (χ1n) is 33.1. The molecule has 108 heavy (non-hydrogen) atoms. The number of nitrogens with two attached hydrogens (primary N) is 1. The van der Waals surface area contributed by atoms with Crippen molar-refractivity contribution in [2.24, 2.45) is 5.92 Å². The molecule has 1 aromatic carbocycles. The van der Waals surface area contributed by atoms with Crippen molar-refractivity contribution in [3.8, 4) is 0 Å². The molecule has 594 valence electrons. The third-order valence-electron chi connectivity index (χ3n) is 15.8. The smallest absolute Gasteiger partial charge is 0.327 e. The molecule has 0 unspecified atom stereocenters. The van der Waals surface area contributed by atoms with E-state index in [9.17, 15) is 132 Å². The Morgan fingerprint density at radius 3 is 1.43 bits per heavy atom. The van der Waals surface area contributed by atoms with Gasteiger partial charge < -0.3 is 125 Å². The minimum absolute atomic E-state index is 0.0180. The van der Waals surface area contributed by atoms with E-state index in [1.54, 1.807) is 0 Å². The Balaban J connectivity index is 1.87. The fraction of sp³-hybridized carbons (Fsp3) is 0.540. The molecule has 45 heteroatoms. The number of nitrogens with one attached hydrogen (secondary N) is 12. The summed E-state index contributed by atoms with van der Waals surface area (Å²) >= 11 is 3.82. The number of carboxylic acid groups (broad SMARTS) is 5. The lowest BCUT2D eigenvalue weighted by atomic mass is 10.0. The summed E-state index contributed by atoms with van der Waals surface area (Å²) in [6.07, 6.45) is -16.1. The minimum atomic E-state index is -2.15. The van der Waals surface area contributed by atoms with Gasteiger partial charge in [0.2, 0.25) is 59.1 Å². The van der Waals surface area contributed by atoms with Crippen LogP contribution in [0.1, 0.15) is 120 Å². The highest BCUT2D eigenvalue weighted by atomic mass is 32.1. The number of aliphatic hydroxyl groups excluding tert-OH is 5. The summed E-state index contributed by atoms with van der Waals surface area (Å²) in [6.45, 7) is 0.798. The van der Waals surface area contributed by atoms with Gasteiger partial charge in [0.25, 0.3) is 11.5 Å². The Morgan fingerprint density at radius 2 is 0.944 bits per heavy atom. The van der Waals surface area contributed by atoms with Crippen LogP contribution in [-0.4, -0.2) is 270 Å². The van der Waals surface area contributed by atoms with Gasteiger partial charge in [-0.2, -0.15) is 17.6 Å². The summed E-state index contributed by atoms with van der Waals surface area (Å²) in [6, 6.07) is -9.21. The van der Waals surface area contributed by atoms with E-state index < -0.39 is 294 Å². The number of aromatic amines is 1. The van der Waals surface area contributed by atoms with Crippen LogP contribution in [0.15, 0.2) is 35.3 Å². The van der Waals surface area contributed by atoms with Gasteiger partial charge in [0.1, 0.15) is 78.2 Å². The zero-order valence-corrected chi connectivity index (χ0v) is 59.2. The van der Waals surface area contributed by atoms with Crippen LogP contribution in [0.3, 0.4) is 0 Å². The van der Waals surface area contributed by atoms with E-state index >= 15 is 0 Å². The summed E-state index contributed by atoms with van der Waals surface area (Å²) in [5.41, 5.74) is 5.65. The molecule has 3 rings (SSSR count). The van der Waals surface area contributed by atoms with Gasteiger partial charge in [0.05, 0.1) is 43.5 Å². The van der Waals surface area contributed by atoms with E-state index in [0.717, 1.165) is 20.8 Å². The van der Waals surface area contributed by atoms with Crippen LogP contribution in [0.2, 0.25) is 0 Å². The number of benzene rings is 1. The number of ketones is 2. The lowest BCUT2D eigenvalue weighted by molar-refractivity contribution is -0.143. The molecule has 2 aromatic heterocycles. The molecule has 24 N–H and O–H groups in total. The normalized spacial score (nSPS) is 14.7. The standard InChI is InChI=1S/C63H88N16O28S/c1-27(52(95)76-39(20-47(91)92)59(102)77-40(26-108)62(106)107)21-68-54(97)33(12-16-43(85)66-24-41(83)49(93)50(94)42(84)25-80)71-57(100)36(14-18-45(87)88)74-56(99)35(11-5-29(3)82)72-58(101)37(15-19-46(89)90)73-55(98)34(10-4-28(2)81)70-44(86)17-13-38(61(104)105)75-53(96)30-6-8-31(9-7-30)65-22-32-23-67-51-48(69-32)60(103)79-63(64)78-51/h6-9,23,27,33-42,49-50,65,80,83-84,93-94,108H,4-5,10-22,24-26H2,1-3H3,(H,66,85)(H,68,97)(H,70,86)(H,71,100)(H,72,101)(H,73,98)(H,74,99)(H,75,96)(H,76,95)(H,77,102)(H,87,88)(H,89,90)(H,91,92)(H,104,105)(H,106,107)(H3,64,67,78,79,103)/t27-,33-,34-,35-,36-,37-,38+,39-,40-,41-,42+,49+,50+/m0/s1. The predicted molar refractivity (Wildman–Crippen MR) is 371 cm³/mol. The Morgan fingerprint density at radius 1 is 0.500 bits per heavy atom. The van der Waals surface area contributed by atoms with Crippen molar-refractivity contribution in [1.29, 1.82) is 0 Å². The van der Waals surface area contributed by atoms with Gasteiger partial charge in [-0.3, -0.25) is 72.1 Å². The second-order valence-corrected chi connectivity index (χ2v) is 24.9. The quantitative estimate of drug-likeness (QED) is 0.0234. The first-order valence-corrected chi connectivity index (χ1v) is 33.7. The number of anilines is 2. The van der Waals surface area contributed by atoms with Crippen molar-refractivity contribution in [2.75, 3.05) is 36.5 Å². The van der Waals surface area contributed by atoms with Gasteiger partial charge in [0, 0.05) is 68.6 Å². The van der Waals surface area contributed by atoms with Crippen molar-refractivity contribution < 1.29 is 133 Å². The van der Waals surface area contributed by atoms with Crippen LogP contribution in [0.4, 0.5) is 11.6 Å². The third-order valence-corrected chi connectivity index (χ3v) is 16.1. The molecular weight excluding hydrogens is 1460 g/mol. The molecule has 0 saturated heterocycles. The maximum Gasteiger partial charge on any atom is 0.327 e. The summed E-state index contributed by atoms with van der Waals surface area (Å²) < 4.78 is 0. The average molecular weight is 1550 g/mol. The molecule has 2 heterocycles. The van der Waals surface area contributed by atoms with Crippen molar-refractivity contribution in [3.05, 3.63) is 52.1 Å². The van der Waals surface area contributed by atoms with Crippen molar-refractivity contribution in [1.82, 2.24) is 73.1 Å². The molecule has 0 bridgehead atoms. The number of fused-ring (bicyclic) bond motifs is 1. The number of H-pyrrole nitrogens is 1. The number of nitrogens with zero attached hydrogens (tertiary/aromatic N) is 3. The van der Waals surface area contributed by atoms with Gasteiger partial charge >= 0.3 is 29.8 Å². The largest absolute Gasteiger partial charge is 0.481 e. The number of aromatic nitrogens is 4. The SMILES string of the molecule is CC(=O)CC[C@H](NC(=O)CC[C@@H](NC(=O)c1ccc(NCc2cnc3nc(N)[nH]c(=O)c3n2)cc1)C(=O)O)C(=O)N[C@@H](CCC(=O)O)C(=O)N[C@@H](CCC(C)=O)C(=O)N[C@@H](CCC(=O)O)C(=O)N[C@@H](CCC(=O)NC[C@H](O)[C@@H](O)[C@H](O)[C@H](O)CO)C(=O)NC[C@H](C)C(=O)N[C@@H](CC(=O)O)C(=O)N[C@@H](CS)C(=O)O. The van der Waals surface area contributed by atoms with Crippen LogP contribution in [0.25, 0.3) is 11.2 Å². The lowest BCUT2D eigenvalue weighted by Crippen LogP contribution is -2.59. The molecule has 0 saturated carbocycles. The Hall–Kier alpha value is -11.4. The average Bonchev–Trinajstić information content (AvgIpc) is 0.812. The highest BCUT2D eigenvalue weighted by molar-refractivity contribution is 7.80. The van der Waals surface area contributed by atoms with Crippen LogP contribution in [0.5, 0.6) is 0 Å². The number of hydrogen-bond donors (Lipinski definition) is 24. The van der Waals surface area contributed by atoms with E-state index in [1.165, 1.54) is 30.5 Å². The van der Waals surface area contributed by atoms with Gasteiger partial charge in [-0.1, -0.05) is 6.92 Å². The Bertz CT molecular complexity index is 3810. The van der Waals surface area contributed by atoms with Gasteiger partial charge in [-0.15, -0.1) is 0 Å². The molecule has 44 nitrogen and oxygen atoms in total. The number of nitrogen functional groups attached to an aromatic ring is 1. The number of thiol groups is 1. The van der Waals surface area contributed by atoms with Crippen LogP contribution in [0, 0.1) is 5.92 Å². The highest BCUT2D eigenvalue weighted by Gasteiger charge is 2.36. The number of rotatable bonds is 50. The van der Waals surface area contributed by atoms with E-state index in [0.29, 0.717) is 11.4 Å². The first-order chi connectivity index (χ1) is 50.7. The molecule has 0 spiro atoms. The van der Waals surface area contributed by atoms with Crippen molar-refractivity contribution in [3.63, 3.8) is 0 Å². The number of carboxylic acids is 5. The highest BCUT2D eigenvalue weighted by Crippen LogP contribution is 2.15. The molecule has 13 atom stereocenters. The summed E-state index contributed by atoms with van der Waals surface area (Å²) in [5.74, 6) is -22.9. The van der Waals surface area contributed by atoms with Crippen LogP contribution < -0.4 is 69.8 Å². The summed E-state index contributed by atoms with van der Waals surface area (Å²) in [4.78, 5) is 248. The molecule has 3 aromatic rings.